The van der Waals surface area contributed by atoms with Crippen molar-refractivity contribution < 1.29 is 14.7 Å². The van der Waals surface area contributed by atoms with Crippen LogP contribution in [-0.4, -0.2) is 17.0 Å². The molecule has 0 aliphatic rings. The van der Waals surface area contributed by atoms with Crippen molar-refractivity contribution in [3.8, 4) is 0 Å². The quantitative estimate of drug-likeness (QED) is 0.718. The average molecular weight is 241 g/mol. The molecule has 0 saturated carbocycles. The van der Waals surface area contributed by atoms with Gasteiger partial charge in [-0.15, -0.1) is 0 Å². The van der Waals surface area contributed by atoms with Crippen LogP contribution in [0.3, 0.4) is 0 Å². The Balaban J connectivity index is 2.05. The second kappa shape index (κ2) is 7.00. The van der Waals surface area contributed by atoms with E-state index in [1.54, 1.807) is 11.3 Å². The lowest BCUT2D eigenvalue weighted by Crippen LogP contribution is -2.22. The third-order valence-corrected chi connectivity index (χ3v) is 2.85. The van der Waals surface area contributed by atoms with Crippen molar-refractivity contribution in [3.63, 3.8) is 0 Å². The Kier molecular flexibility index (Phi) is 5.56. The number of hydrogen-bond donors (Lipinski definition) is 2. The number of rotatable bonds is 7. The molecule has 4 nitrogen and oxygen atoms in total. The maximum atomic E-state index is 11.3. The molecule has 0 unspecified atom stereocenters. The van der Waals surface area contributed by atoms with E-state index in [2.05, 4.69) is 5.32 Å². The largest absolute Gasteiger partial charge is 0.481 e. The van der Waals surface area contributed by atoms with E-state index in [0.717, 1.165) is 5.56 Å². The Morgan fingerprint density at radius 2 is 2.06 bits per heavy atom. The van der Waals surface area contributed by atoms with Crippen molar-refractivity contribution in [2.45, 2.75) is 32.2 Å². The zero-order valence-electron chi connectivity index (χ0n) is 8.94. The summed E-state index contributed by atoms with van der Waals surface area (Å²) in [4.78, 5) is 21.6. The Morgan fingerprint density at radius 3 is 2.69 bits per heavy atom. The lowest BCUT2D eigenvalue weighted by atomic mass is 10.2. The van der Waals surface area contributed by atoms with Crippen molar-refractivity contribution in [2.75, 3.05) is 0 Å². The van der Waals surface area contributed by atoms with Gasteiger partial charge in [0.05, 0.1) is 0 Å². The molecule has 1 heterocycles. The molecular weight excluding hydrogens is 226 g/mol. The summed E-state index contributed by atoms with van der Waals surface area (Å²) in [6, 6.07) is 1.97. The topological polar surface area (TPSA) is 66.4 Å². The number of amides is 1. The van der Waals surface area contributed by atoms with Crippen LogP contribution in [0.4, 0.5) is 0 Å². The highest BCUT2D eigenvalue weighted by molar-refractivity contribution is 7.07. The summed E-state index contributed by atoms with van der Waals surface area (Å²) in [5.74, 6) is -0.824. The SMILES string of the molecule is O=C(O)CCCCC(=O)NCc1ccsc1. The van der Waals surface area contributed by atoms with Gasteiger partial charge < -0.3 is 10.4 Å². The molecule has 1 rings (SSSR count). The number of carbonyl (C=O) groups excluding carboxylic acids is 1. The summed E-state index contributed by atoms with van der Waals surface area (Å²) in [6.07, 6.45) is 1.72. The third-order valence-electron chi connectivity index (χ3n) is 2.11. The molecule has 0 fully saturated rings. The van der Waals surface area contributed by atoms with Crippen LogP contribution in [0.15, 0.2) is 16.8 Å². The van der Waals surface area contributed by atoms with Crippen molar-refractivity contribution in [3.05, 3.63) is 22.4 Å². The highest BCUT2D eigenvalue weighted by Gasteiger charge is 2.02. The van der Waals surface area contributed by atoms with E-state index in [9.17, 15) is 9.59 Å². The summed E-state index contributed by atoms with van der Waals surface area (Å²) in [7, 11) is 0. The number of carboxylic acids is 1. The summed E-state index contributed by atoms with van der Waals surface area (Å²) >= 11 is 1.60. The molecule has 0 bridgehead atoms. The van der Waals surface area contributed by atoms with Crippen LogP contribution >= 0.6 is 11.3 Å². The molecule has 0 aromatic carbocycles. The number of aliphatic carboxylic acids is 1. The predicted octanol–water partition coefficient (Wildman–Crippen LogP) is 2.01. The van der Waals surface area contributed by atoms with Gasteiger partial charge in [-0.05, 0) is 35.2 Å². The summed E-state index contributed by atoms with van der Waals surface area (Å²) in [5.41, 5.74) is 1.10. The van der Waals surface area contributed by atoms with E-state index in [0.29, 0.717) is 25.8 Å². The highest BCUT2D eigenvalue weighted by atomic mass is 32.1. The first kappa shape index (κ1) is 12.7. The van der Waals surface area contributed by atoms with Gasteiger partial charge in [0.25, 0.3) is 0 Å². The van der Waals surface area contributed by atoms with E-state index < -0.39 is 5.97 Å². The van der Waals surface area contributed by atoms with Crippen molar-refractivity contribution in [1.82, 2.24) is 5.32 Å². The van der Waals surface area contributed by atoms with Crippen molar-refractivity contribution >= 4 is 23.2 Å². The second-order valence-electron chi connectivity index (χ2n) is 3.51. The Morgan fingerprint density at radius 1 is 1.31 bits per heavy atom. The summed E-state index contributed by atoms with van der Waals surface area (Å²) in [6.45, 7) is 0.557. The van der Waals surface area contributed by atoms with E-state index in [1.807, 2.05) is 16.8 Å². The first-order chi connectivity index (χ1) is 7.68. The molecule has 1 amide bonds. The third kappa shape index (κ3) is 5.50. The van der Waals surface area contributed by atoms with Gasteiger partial charge >= 0.3 is 5.97 Å². The Bertz CT molecular complexity index is 335. The number of hydrogen-bond acceptors (Lipinski definition) is 3. The van der Waals surface area contributed by atoms with E-state index in [-0.39, 0.29) is 12.3 Å². The van der Waals surface area contributed by atoms with Gasteiger partial charge in [-0.1, -0.05) is 0 Å². The number of nitrogens with one attached hydrogen (secondary N) is 1. The van der Waals surface area contributed by atoms with Gasteiger partial charge in [-0.25, -0.2) is 0 Å². The maximum absolute atomic E-state index is 11.3. The molecule has 88 valence electrons. The fourth-order valence-corrected chi connectivity index (χ4v) is 1.91. The molecule has 0 saturated heterocycles. The predicted molar refractivity (Wildman–Crippen MR) is 62.3 cm³/mol. The molecule has 0 radical (unpaired) electrons. The number of carboxylic acid groups (broad SMARTS) is 1. The Labute approximate surface area is 98.3 Å². The maximum Gasteiger partial charge on any atom is 0.303 e. The second-order valence-corrected chi connectivity index (χ2v) is 4.29. The first-order valence-electron chi connectivity index (χ1n) is 5.18. The molecular formula is C11H15NO3S. The van der Waals surface area contributed by atoms with Crippen molar-refractivity contribution in [1.29, 1.82) is 0 Å². The average Bonchev–Trinajstić information content (AvgIpc) is 2.74. The van der Waals surface area contributed by atoms with Gasteiger partial charge in [0.15, 0.2) is 0 Å². The van der Waals surface area contributed by atoms with Crippen LogP contribution in [0.2, 0.25) is 0 Å². The van der Waals surface area contributed by atoms with Crippen molar-refractivity contribution in [2.24, 2.45) is 0 Å². The van der Waals surface area contributed by atoms with Gasteiger partial charge in [-0.3, -0.25) is 9.59 Å². The number of carbonyl (C=O) groups is 2. The molecule has 1 aromatic rings. The van der Waals surface area contributed by atoms with Crippen LogP contribution in [0.25, 0.3) is 0 Å². The monoisotopic (exact) mass is 241 g/mol. The minimum Gasteiger partial charge on any atom is -0.481 e. The summed E-state index contributed by atoms with van der Waals surface area (Å²) in [5, 5.41) is 15.2. The van der Waals surface area contributed by atoms with Gasteiger partial charge in [0.1, 0.15) is 0 Å². The molecule has 2 N–H and O–H groups in total. The first-order valence-corrected chi connectivity index (χ1v) is 6.12. The highest BCUT2D eigenvalue weighted by Crippen LogP contribution is 2.05. The zero-order valence-corrected chi connectivity index (χ0v) is 9.76. The molecule has 16 heavy (non-hydrogen) atoms. The lowest BCUT2D eigenvalue weighted by Gasteiger charge is -2.02. The smallest absolute Gasteiger partial charge is 0.303 e. The normalized spacial score (nSPS) is 10.0. The molecule has 1 aromatic heterocycles. The van der Waals surface area contributed by atoms with Crippen LogP contribution in [0.1, 0.15) is 31.2 Å². The molecule has 5 heteroatoms. The molecule has 0 spiro atoms. The molecule has 0 aliphatic heterocycles. The molecule has 0 aliphatic carbocycles. The minimum absolute atomic E-state index is 0.0170. The van der Waals surface area contributed by atoms with Crippen LogP contribution in [-0.2, 0) is 16.1 Å². The minimum atomic E-state index is -0.807. The fraction of sp³-hybridized carbons (Fsp3) is 0.455. The van der Waals surface area contributed by atoms with Crippen LogP contribution < -0.4 is 5.32 Å². The Hall–Kier alpha value is -1.36. The van der Waals surface area contributed by atoms with Gasteiger partial charge in [-0.2, -0.15) is 11.3 Å². The van der Waals surface area contributed by atoms with Gasteiger partial charge in [0, 0.05) is 19.4 Å². The fourth-order valence-electron chi connectivity index (χ4n) is 1.24. The zero-order chi connectivity index (χ0) is 11.8. The van der Waals surface area contributed by atoms with E-state index in [4.69, 9.17) is 5.11 Å². The standard InChI is InChI=1S/C11H15NO3S/c13-10(3-1-2-4-11(14)15)12-7-9-5-6-16-8-9/h5-6,8H,1-4,7H2,(H,12,13)(H,14,15). The van der Waals surface area contributed by atoms with Crippen LogP contribution in [0.5, 0.6) is 0 Å². The number of unbranched alkanes of at least 4 members (excludes halogenated alkanes) is 1. The van der Waals surface area contributed by atoms with Gasteiger partial charge in [0.2, 0.25) is 5.91 Å². The summed E-state index contributed by atoms with van der Waals surface area (Å²) < 4.78 is 0. The van der Waals surface area contributed by atoms with E-state index >= 15 is 0 Å². The number of thiophene rings is 1. The van der Waals surface area contributed by atoms with Crippen LogP contribution in [0, 0.1) is 0 Å². The lowest BCUT2D eigenvalue weighted by molar-refractivity contribution is -0.137. The molecule has 0 atom stereocenters. The van der Waals surface area contributed by atoms with E-state index in [1.165, 1.54) is 0 Å².